The number of carbonyl (C=O) groups excluding carboxylic acids is 1. The van der Waals surface area contributed by atoms with Gasteiger partial charge >= 0.3 is 0 Å². The summed E-state index contributed by atoms with van der Waals surface area (Å²) in [6, 6.07) is 8.00. The van der Waals surface area contributed by atoms with E-state index in [-0.39, 0.29) is 17.7 Å². The van der Waals surface area contributed by atoms with Gasteiger partial charge in [0.2, 0.25) is 0 Å². The Morgan fingerprint density at radius 1 is 1.03 bits per heavy atom. The second-order valence-electron chi connectivity index (χ2n) is 7.88. The molecular weight excluding hydrogens is 394 g/mol. The third kappa shape index (κ3) is 4.49. The number of Topliss-reactive ketones (excluding diaryl/α,β-unsaturated/α-hetero) is 1. The smallest absolute Gasteiger partial charge is 0.171 e. The second-order valence-corrected chi connectivity index (χ2v) is 7.88. The molecule has 2 aromatic carbocycles. The zero-order valence-corrected chi connectivity index (χ0v) is 19.3. The maximum Gasteiger partial charge on any atom is 0.171 e. The predicted octanol–water partition coefficient (Wildman–Crippen LogP) is 4.38. The van der Waals surface area contributed by atoms with Crippen LogP contribution in [0.4, 0.5) is 0 Å². The normalized spacial score (nSPS) is 16.3. The van der Waals surface area contributed by atoms with Crippen LogP contribution in [-0.2, 0) is 12.8 Å². The first-order valence-electron chi connectivity index (χ1n) is 10.7. The number of ketones is 1. The molecule has 6 heteroatoms. The number of fused-ring (bicyclic) bond motifs is 1. The molecule has 2 unspecified atom stereocenters. The van der Waals surface area contributed by atoms with Crippen molar-refractivity contribution in [3.8, 4) is 23.0 Å². The van der Waals surface area contributed by atoms with Crippen LogP contribution in [0.1, 0.15) is 53.4 Å². The van der Waals surface area contributed by atoms with E-state index in [0.717, 1.165) is 30.7 Å². The molecule has 31 heavy (non-hydrogen) atoms. The summed E-state index contributed by atoms with van der Waals surface area (Å²) in [5.41, 5.74) is 3.96. The van der Waals surface area contributed by atoms with Gasteiger partial charge < -0.3 is 24.3 Å². The number of carbonyl (C=O) groups is 1. The molecule has 1 aliphatic heterocycles. The third-order valence-electron chi connectivity index (χ3n) is 6.17. The fourth-order valence-corrected chi connectivity index (χ4v) is 4.21. The molecule has 2 aromatic rings. The fraction of sp³-hybridized carbons (Fsp3) is 0.480. The van der Waals surface area contributed by atoms with Crippen molar-refractivity contribution in [2.75, 3.05) is 35.0 Å². The monoisotopic (exact) mass is 427 g/mol. The maximum atomic E-state index is 13.3. The molecule has 6 nitrogen and oxygen atoms in total. The zero-order valence-electron chi connectivity index (χ0n) is 19.3. The SMILES string of the molecule is CCC(C)C(=O)c1c(CC2NCCc3cc(OC)c(OC)cc32)ccc(OC)c1OC. The van der Waals surface area contributed by atoms with Gasteiger partial charge in [-0.3, -0.25) is 4.79 Å². The number of methoxy groups -OCH3 is 4. The molecule has 2 atom stereocenters. The van der Waals surface area contributed by atoms with Crippen LogP contribution in [0.15, 0.2) is 24.3 Å². The molecule has 0 radical (unpaired) electrons. The minimum atomic E-state index is -0.101. The minimum Gasteiger partial charge on any atom is -0.493 e. The summed E-state index contributed by atoms with van der Waals surface area (Å²) in [5.74, 6) is 2.50. The summed E-state index contributed by atoms with van der Waals surface area (Å²) in [4.78, 5) is 13.3. The molecular formula is C25H33NO5. The number of benzene rings is 2. The first kappa shape index (κ1) is 22.9. The molecule has 0 bridgehead atoms. The zero-order chi connectivity index (χ0) is 22.5. The van der Waals surface area contributed by atoms with Gasteiger partial charge in [0.15, 0.2) is 28.8 Å². The molecule has 0 aliphatic carbocycles. The standard InChI is InChI=1S/C25H33NO5/c1-7-15(2)24(27)23-17(8-9-20(28-3)25(23)31-6)12-19-18-14-22(30-5)21(29-4)13-16(18)10-11-26-19/h8-9,13-15,19,26H,7,10-12H2,1-6H3. The van der Waals surface area contributed by atoms with Crippen LogP contribution in [0.2, 0.25) is 0 Å². The molecule has 0 fully saturated rings. The van der Waals surface area contributed by atoms with Gasteiger partial charge in [-0.25, -0.2) is 0 Å². The highest BCUT2D eigenvalue weighted by molar-refractivity contribution is 6.02. The fourth-order valence-electron chi connectivity index (χ4n) is 4.21. The average Bonchev–Trinajstić information content (AvgIpc) is 2.81. The molecule has 1 heterocycles. The van der Waals surface area contributed by atoms with Gasteiger partial charge in [-0.1, -0.05) is 19.9 Å². The predicted molar refractivity (Wildman–Crippen MR) is 121 cm³/mol. The Balaban J connectivity index is 2.07. The highest BCUT2D eigenvalue weighted by atomic mass is 16.5. The Kier molecular flexibility index (Phi) is 7.44. The molecule has 0 spiro atoms. The van der Waals surface area contributed by atoms with Crippen molar-refractivity contribution in [2.45, 2.75) is 39.2 Å². The highest BCUT2D eigenvalue weighted by Crippen LogP contribution is 2.40. The quantitative estimate of drug-likeness (QED) is 0.599. The number of rotatable bonds is 9. The number of hydrogen-bond acceptors (Lipinski definition) is 6. The van der Waals surface area contributed by atoms with E-state index in [4.69, 9.17) is 18.9 Å². The number of ether oxygens (including phenoxy) is 4. The van der Waals surface area contributed by atoms with Gasteiger partial charge in [-0.05, 0) is 60.7 Å². The lowest BCUT2D eigenvalue weighted by atomic mass is 9.85. The summed E-state index contributed by atoms with van der Waals surface area (Å²) in [6.45, 7) is 4.83. The number of hydrogen-bond donors (Lipinski definition) is 1. The summed E-state index contributed by atoms with van der Waals surface area (Å²) < 4.78 is 22.1. The van der Waals surface area contributed by atoms with Gasteiger partial charge in [0.1, 0.15) is 0 Å². The Labute approximate surface area is 184 Å². The lowest BCUT2D eigenvalue weighted by Gasteiger charge is -2.29. The molecule has 1 N–H and O–H groups in total. The van der Waals surface area contributed by atoms with E-state index >= 15 is 0 Å². The Morgan fingerprint density at radius 2 is 1.71 bits per heavy atom. The van der Waals surface area contributed by atoms with Gasteiger partial charge in [0, 0.05) is 12.0 Å². The Bertz CT molecular complexity index is 940. The van der Waals surface area contributed by atoms with Crippen LogP contribution in [-0.4, -0.2) is 40.8 Å². The van der Waals surface area contributed by atoms with Gasteiger partial charge in [-0.2, -0.15) is 0 Å². The van der Waals surface area contributed by atoms with Crippen LogP contribution in [0.3, 0.4) is 0 Å². The van der Waals surface area contributed by atoms with E-state index in [0.29, 0.717) is 29.2 Å². The van der Waals surface area contributed by atoms with E-state index in [9.17, 15) is 4.79 Å². The largest absolute Gasteiger partial charge is 0.493 e. The molecule has 0 saturated carbocycles. The summed E-state index contributed by atoms with van der Waals surface area (Å²) >= 11 is 0. The average molecular weight is 428 g/mol. The maximum absolute atomic E-state index is 13.3. The van der Waals surface area contributed by atoms with Crippen molar-refractivity contribution in [1.29, 1.82) is 0 Å². The summed E-state index contributed by atoms with van der Waals surface area (Å²) in [7, 11) is 6.47. The number of nitrogens with one attached hydrogen (secondary N) is 1. The lowest BCUT2D eigenvalue weighted by Crippen LogP contribution is -2.32. The van der Waals surface area contributed by atoms with E-state index in [1.165, 1.54) is 11.1 Å². The van der Waals surface area contributed by atoms with Crippen molar-refractivity contribution < 1.29 is 23.7 Å². The molecule has 0 saturated heterocycles. The van der Waals surface area contributed by atoms with E-state index < -0.39 is 0 Å². The molecule has 0 amide bonds. The van der Waals surface area contributed by atoms with Gasteiger partial charge in [0.05, 0.1) is 34.0 Å². The summed E-state index contributed by atoms with van der Waals surface area (Å²) in [5, 5.41) is 3.61. The van der Waals surface area contributed by atoms with Crippen LogP contribution in [0, 0.1) is 5.92 Å². The van der Waals surface area contributed by atoms with E-state index in [1.807, 2.05) is 32.0 Å². The molecule has 3 rings (SSSR count). The van der Waals surface area contributed by atoms with Crippen molar-refractivity contribution in [3.05, 3.63) is 46.5 Å². The van der Waals surface area contributed by atoms with E-state index in [1.54, 1.807) is 28.4 Å². The van der Waals surface area contributed by atoms with Gasteiger partial charge in [-0.15, -0.1) is 0 Å². The van der Waals surface area contributed by atoms with Gasteiger partial charge in [0.25, 0.3) is 0 Å². The van der Waals surface area contributed by atoms with Crippen LogP contribution in [0.5, 0.6) is 23.0 Å². The van der Waals surface area contributed by atoms with Crippen LogP contribution in [0.25, 0.3) is 0 Å². The van der Waals surface area contributed by atoms with Crippen LogP contribution < -0.4 is 24.3 Å². The minimum absolute atomic E-state index is 0.0464. The summed E-state index contributed by atoms with van der Waals surface area (Å²) in [6.07, 6.45) is 2.33. The second kappa shape index (κ2) is 10.1. The third-order valence-corrected chi connectivity index (χ3v) is 6.17. The van der Waals surface area contributed by atoms with E-state index in [2.05, 4.69) is 11.4 Å². The molecule has 1 aliphatic rings. The van der Waals surface area contributed by atoms with Crippen LogP contribution >= 0.6 is 0 Å². The molecule has 168 valence electrons. The van der Waals surface area contributed by atoms with Crippen molar-refractivity contribution >= 4 is 5.78 Å². The van der Waals surface area contributed by atoms with Crippen molar-refractivity contribution in [2.24, 2.45) is 5.92 Å². The Hall–Kier alpha value is -2.73. The van der Waals surface area contributed by atoms with Crippen molar-refractivity contribution in [3.63, 3.8) is 0 Å². The topological polar surface area (TPSA) is 66.0 Å². The Morgan fingerprint density at radius 3 is 2.32 bits per heavy atom. The first-order valence-corrected chi connectivity index (χ1v) is 10.7. The molecule has 0 aromatic heterocycles. The first-order chi connectivity index (χ1) is 15.0. The highest BCUT2D eigenvalue weighted by Gasteiger charge is 2.28. The lowest BCUT2D eigenvalue weighted by molar-refractivity contribution is 0.0922. The van der Waals surface area contributed by atoms with Crippen molar-refractivity contribution in [1.82, 2.24) is 5.32 Å².